The molecular weight excluding hydrogens is 246 g/mol. The van der Waals surface area contributed by atoms with Gasteiger partial charge in [0, 0.05) is 12.5 Å². The smallest absolute Gasteiger partial charge is 0.328 e. The lowest BCUT2D eigenvalue weighted by atomic mass is 10.1. The lowest BCUT2D eigenvalue weighted by molar-refractivity contribution is -0.148. The number of amidine groups is 1. The Hall–Kier alpha value is -2.37. The van der Waals surface area contributed by atoms with Crippen molar-refractivity contribution in [3.8, 4) is 0 Å². The number of nitrogen functional groups attached to an aromatic ring is 1. The van der Waals surface area contributed by atoms with Crippen LogP contribution >= 0.6 is 0 Å². The van der Waals surface area contributed by atoms with Gasteiger partial charge >= 0.3 is 5.97 Å². The van der Waals surface area contributed by atoms with Crippen LogP contribution in [0.4, 0.5) is 0 Å². The van der Waals surface area contributed by atoms with Crippen LogP contribution in [-0.4, -0.2) is 23.8 Å². The zero-order valence-electron chi connectivity index (χ0n) is 10.9. The molecule has 102 valence electrons. The Morgan fingerprint density at radius 1 is 1.37 bits per heavy atom. The predicted molar refractivity (Wildman–Crippen MR) is 70.5 cm³/mol. The van der Waals surface area contributed by atoms with Crippen molar-refractivity contribution in [2.24, 2.45) is 5.73 Å². The van der Waals surface area contributed by atoms with Gasteiger partial charge in [0.1, 0.15) is 18.5 Å². The van der Waals surface area contributed by atoms with E-state index in [-0.39, 0.29) is 18.3 Å². The third-order valence-electron chi connectivity index (χ3n) is 2.42. The van der Waals surface area contributed by atoms with Gasteiger partial charge in [-0.1, -0.05) is 24.3 Å². The van der Waals surface area contributed by atoms with Crippen molar-refractivity contribution in [1.29, 1.82) is 5.41 Å². The van der Waals surface area contributed by atoms with E-state index in [9.17, 15) is 9.59 Å². The Balaban J connectivity index is 2.50. The number of nitrogens with one attached hydrogen (secondary N) is 2. The molecule has 1 unspecified atom stereocenters. The molecule has 0 radical (unpaired) electrons. The van der Waals surface area contributed by atoms with Crippen LogP contribution in [0.25, 0.3) is 0 Å². The molecule has 0 saturated heterocycles. The first-order valence-electron chi connectivity index (χ1n) is 5.77. The van der Waals surface area contributed by atoms with Crippen LogP contribution in [0.1, 0.15) is 25.0 Å². The average Bonchev–Trinajstić information content (AvgIpc) is 2.35. The summed E-state index contributed by atoms with van der Waals surface area (Å²) in [7, 11) is 0. The summed E-state index contributed by atoms with van der Waals surface area (Å²) in [6.45, 7) is 3.01. The minimum atomic E-state index is -0.672. The minimum absolute atomic E-state index is 0.0113. The summed E-state index contributed by atoms with van der Waals surface area (Å²) in [6.07, 6.45) is 0. The highest BCUT2D eigenvalue weighted by Gasteiger charge is 2.14. The average molecular weight is 263 g/mol. The first kappa shape index (κ1) is 14.7. The van der Waals surface area contributed by atoms with Gasteiger partial charge in [-0.05, 0) is 12.5 Å². The summed E-state index contributed by atoms with van der Waals surface area (Å²) in [6, 6.07) is 6.15. The summed E-state index contributed by atoms with van der Waals surface area (Å²) >= 11 is 0. The van der Waals surface area contributed by atoms with Gasteiger partial charge in [0.2, 0.25) is 5.91 Å². The maximum atomic E-state index is 11.5. The zero-order chi connectivity index (χ0) is 14.4. The lowest BCUT2D eigenvalue weighted by Crippen LogP contribution is -2.38. The molecule has 1 atom stereocenters. The van der Waals surface area contributed by atoms with E-state index in [1.807, 2.05) is 0 Å². The molecule has 0 saturated carbocycles. The number of hydrogen-bond acceptors (Lipinski definition) is 4. The third kappa shape index (κ3) is 4.79. The Labute approximate surface area is 111 Å². The Morgan fingerprint density at radius 2 is 1.95 bits per heavy atom. The second kappa shape index (κ2) is 6.53. The van der Waals surface area contributed by atoms with Crippen molar-refractivity contribution in [3.05, 3.63) is 35.4 Å². The van der Waals surface area contributed by atoms with Crippen LogP contribution in [0.5, 0.6) is 0 Å². The van der Waals surface area contributed by atoms with Gasteiger partial charge in [-0.15, -0.1) is 0 Å². The number of carbonyl (C=O) groups is 2. The molecule has 1 aromatic rings. The quantitative estimate of drug-likeness (QED) is 0.409. The SMILES string of the molecule is CC(=O)NC(C)C(=O)OCc1ccc(C(=N)N)cc1. The van der Waals surface area contributed by atoms with E-state index < -0.39 is 12.0 Å². The van der Waals surface area contributed by atoms with Gasteiger partial charge in [-0.25, -0.2) is 4.79 Å². The highest BCUT2D eigenvalue weighted by Crippen LogP contribution is 2.06. The second-order valence-electron chi connectivity index (χ2n) is 4.14. The first-order valence-corrected chi connectivity index (χ1v) is 5.77. The number of ether oxygens (including phenoxy) is 1. The fraction of sp³-hybridized carbons (Fsp3) is 0.308. The molecule has 0 heterocycles. The number of benzene rings is 1. The maximum absolute atomic E-state index is 11.5. The van der Waals surface area contributed by atoms with Crippen LogP contribution in [0.15, 0.2) is 24.3 Å². The molecule has 0 bridgehead atoms. The van der Waals surface area contributed by atoms with Gasteiger partial charge in [0.15, 0.2) is 0 Å². The van der Waals surface area contributed by atoms with Gasteiger partial charge in [-0.3, -0.25) is 10.2 Å². The number of hydrogen-bond donors (Lipinski definition) is 3. The minimum Gasteiger partial charge on any atom is -0.459 e. The van der Waals surface area contributed by atoms with E-state index in [2.05, 4.69) is 5.32 Å². The Kier molecular flexibility index (Phi) is 5.05. The fourth-order valence-corrected chi connectivity index (χ4v) is 1.42. The van der Waals surface area contributed by atoms with Crippen LogP contribution in [0.2, 0.25) is 0 Å². The fourth-order valence-electron chi connectivity index (χ4n) is 1.42. The van der Waals surface area contributed by atoms with E-state index in [0.717, 1.165) is 5.56 Å². The summed E-state index contributed by atoms with van der Waals surface area (Å²) in [4.78, 5) is 22.3. The highest BCUT2D eigenvalue weighted by atomic mass is 16.5. The molecule has 0 aromatic heterocycles. The molecule has 0 aliphatic heterocycles. The van der Waals surface area contributed by atoms with Crippen molar-refractivity contribution >= 4 is 17.7 Å². The number of amides is 1. The molecule has 0 aliphatic carbocycles. The summed E-state index contributed by atoms with van der Waals surface area (Å²) in [5.41, 5.74) is 6.73. The monoisotopic (exact) mass is 263 g/mol. The van der Waals surface area contributed by atoms with Crippen molar-refractivity contribution in [3.63, 3.8) is 0 Å². The maximum Gasteiger partial charge on any atom is 0.328 e. The van der Waals surface area contributed by atoms with Gasteiger partial charge in [0.05, 0.1) is 0 Å². The van der Waals surface area contributed by atoms with Crippen molar-refractivity contribution in [2.45, 2.75) is 26.5 Å². The van der Waals surface area contributed by atoms with Crippen LogP contribution in [0, 0.1) is 5.41 Å². The zero-order valence-corrected chi connectivity index (χ0v) is 10.9. The summed E-state index contributed by atoms with van der Waals surface area (Å²) < 4.78 is 5.05. The summed E-state index contributed by atoms with van der Waals surface area (Å²) in [5.74, 6) is -0.788. The van der Waals surface area contributed by atoms with E-state index in [1.165, 1.54) is 6.92 Å². The van der Waals surface area contributed by atoms with E-state index in [1.54, 1.807) is 31.2 Å². The highest BCUT2D eigenvalue weighted by molar-refractivity contribution is 5.94. The summed E-state index contributed by atoms with van der Waals surface area (Å²) in [5, 5.41) is 9.69. The molecular formula is C13H17N3O3. The standard InChI is InChI=1S/C13H17N3O3/c1-8(16-9(2)17)13(18)19-7-10-3-5-11(6-4-10)12(14)15/h3-6,8H,7H2,1-2H3,(H3,14,15)(H,16,17). The number of nitrogens with two attached hydrogens (primary N) is 1. The Bertz CT molecular complexity index is 482. The number of carbonyl (C=O) groups excluding carboxylic acids is 2. The second-order valence-corrected chi connectivity index (χ2v) is 4.14. The molecule has 1 aromatic carbocycles. The molecule has 1 amide bonds. The lowest BCUT2D eigenvalue weighted by Gasteiger charge is -2.12. The number of esters is 1. The van der Waals surface area contributed by atoms with Crippen molar-refractivity contribution < 1.29 is 14.3 Å². The molecule has 1 rings (SSSR count). The molecule has 19 heavy (non-hydrogen) atoms. The largest absolute Gasteiger partial charge is 0.459 e. The normalized spacial score (nSPS) is 11.5. The van der Waals surface area contributed by atoms with Gasteiger partial charge < -0.3 is 15.8 Å². The topological polar surface area (TPSA) is 105 Å². The molecule has 6 nitrogen and oxygen atoms in total. The third-order valence-corrected chi connectivity index (χ3v) is 2.42. The molecule has 0 aliphatic rings. The predicted octanol–water partition coefficient (Wildman–Crippen LogP) is 0.538. The van der Waals surface area contributed by atoms with E-state index in [4.69, 9.17) is 15.9 Å². The molecule has 0 fully saturated rings. The first-order chi connectivity index (χ1) is 8.90. The van der Waals surface area contributed by atoms with E-state index in [0.29, 0.717) is 5.56 Å². The Morgan fingerprint density at radius 3 is 2.42 bits per heavy atom. The van der Waals surface area contributed by atoms with Crippen LogP contribution in [-0.2, 0) is 20.9 Å². The van der Waals surface area contributed by atoms with Crippen LogP contribution < -0.4 is 11.1 Å². The number of rotatable bonds is 5. The molecule has 6 heteroatoms. The molecule has 4 N–H and O–H groups in total. The van der Waals surface area contributed by atoms with Crippen molar-refractivity contribution in [2.75, 3.05) is 0 Å². The molecule has 0 spiro atoms. The van der Waals surface area contributed by atoms with E-state index >= 15 is 0 Å². The van der Waals surface area contributed by atoms with Crippen LogP contribution in [0.3, 0.4) is 0 Å². The van der Waals surface area contributed by atoms with Gasteiger partial charge in [0.25, 0.3) is 0 Å². The van der Waals surface area contributed by atoms with Gasteiger partial charge in [-0.2, -0.15) is 0 Å². The van der Waals surface area contributed by atoms with Crippen molar-refractivity contribution in [1.82, 2.24) is 5.32 Å².